The molecule has 0 saturated carbocycles. The molecule has 0 radical (unpaired) electrons. The van der Waals surface area contributed by atoms with Crippen LogP contribution < -0.4 is 0 Å². The highest BCUT2D eigenvalue weighted by Gasteiger charge is 2.22. The number of hydrogen-bond acceptors (Lipinski definition) is 2. The van der Waals surface area contributed by atoms with Gasteiger partial charge in [-0.05, 0) is 54.2 Å². The van der Waals surface area contributed by atoms with Crippen LogP contribution in [0.15, 0.2) is 52.3 Å². The number of halogens is 2. The van der Waals surface area contributed by atoms with Crippen LogP contribution in [0.2, 0.25) is 10.0 Å². The Morgan fingerprint density at radius 2 is 1.70 bits per heavy atom. The van der Waals surface area contributed by atoms with Crippen molar-refractivity contribution < 1.29 is 8.42 Å². The summed E-state index contributed by atoms with van der Waals surface area (Å²) in [5.41, 5.74) is 1.20. The largest absolute Gasteiger partial charge is 0.218 e. The SMILES string of the molecule is CC(C)(C)CCc1cccc(S(=O)(=O)c2cc(Cl)ccc2Cl)c1. The first-order chi connectivity index (χ1) is 10.6. The van der Waals surface area contributed by atoms with Gasteiger partial charge in [0.15, 0.2) is 0 Å². The number of benzene rings is 2. The van der Waals surface area contributed by atoms with Crippen molar-refractivity contribution in [2.75, 3.05) is 0 Å². The molecule has 0 fully saturated rings. The van der Waals surface area contributed by atoms with Crippen molar-refractivity contribution in [3.05, 3.63) is 58.1 Å². The fourth-order valence-corrected chi connectivity index (χ4v) is 4.28. The third-order valence-electron chi connectivity index (χ3n) is 3.56. The fraction of sp³-hybridized carbons (Fsp3) is 0.333. The summed E-state index contributed by atoms with van der Waals surface area (Å²) in [6.45, 7) is 6.50. The molecule has 0 unspecified atom stereocenters. The first kappa shape index (κ1) is 18.3. The summed E-state index contributed by atoms with van der Waals surface area (Å²) in [7, 11) is -3.68. The lowest BCUT2D eigenvalue weighted by atomic mass is 9.89. The maximum atomic E-state index is 12.8. The topological polar surface area (TPSA) is 34.1 Å². The number of rotatable bonds is 4. The Balaban J connectivity index is 2.39. The normalized spacial score (nSPS) is 12.4. The highest BCUT2D eigenvalue weighted by Crippen LogP contribution is 2.31. The van der Waals surface area contributed by atoms with Gasteiger partial charge in [0.2, 0.25) is 9.84 Å². The van der Waals surface area contributed by atoms with Gasteiger partial charge in [-0.2, -0.15) is 0 Å². The second-order valence-corrected chi connectivity index (χ2v) is 9.55. The Bertz CT molecular complexity index is 806. The van der Waals surface area contributed by atoms with E-state index in [4.69, 9.17) is 23.2 Å². The van der Waals surface area contributed by atoms with Crippen molar-refractivity contribution in [3.8, 4) is 0 Å². The Morgan fingerprint density at radius 1 is 1.00 bits per heavy atom. The monoisotopic (exact) mass is 370 g/mol. The molecule has 0 heterocycles. The Hall–Kier alpha value is -1.03. The molecular weight excluding hydrogens is 351 g/mol. The van der Waals surface area contributed by atoms with Crippen LogP contribution in [-0.2, 0) is 16.3 Å². The van der Waals surface area contributed by atoms with Crippen molar-refractivity contribution >= 4 is 33.0 Å². The molecule has 0 aliphatic rings. The first-order valence-electron chi connectivity index (χ1n) is 7.39. The van der Waals surface area contributed by atoms with E-state index in [0.717, 1.165) is 18.4 Å². The van der Waals surface area contributed by atoms with E-state index in [9.17, 15) is 8.42 Å². The Morgan fingerprint density at radius 3 is 2.35 bits per heavy atom. The second kappa shape index (κ2) is 6.84. The molecule has 0 saturated heterocycles. The molecule has 0 aliphatic carbocycles. The summed E-state index contributed by atoms with van der Waals surface area (Å²) >= 11 is 12.0. The molecule has 0 atom stereocenters. The minimum atomic E-state index is -3.68. The number of hydrogen-bond donors (Lipinski definition) is 0. The predicted molar refractivity (Wildman–Crippen MR) is 96.1 cm³/mol. The summed E-state index contributed by atoms with van der Waals surface area (Å²) in [6, 6.07) is 11.5. The van der Waals surface area contributed by atoms with Crippen molar-refractivity contribution in [1.29, 1.82) is 0 Å². The van der Waals surface area contributed by atoms with Gasteiger partial charge in [0.1, 0.15) is 0 Å². The quantitative estimate of drug-likeness (QED) is 0.680. The molecule has 124 valence electrons. The first-order valence-corrected chi connectivity index (χ1v) is 9.63. The Kier molecular flexibility index (Phi) is 5.44. The van der Waals surface area contributed by atoms with Gasteiger partial charge in [0.25, 0.3) is 0 Å². The molecule has 2 rings (SSSR count). The second-order valence-electron chi connectivity index (χ2n) is 6.79. The van der Waals surface area contributed by atoms with Gasteiger partial charge in [-0.25, -0.2) is 8.42 Å². The smallest absolute Gasteiger partial charge is 0.208 e. The molecule has 23 heavy (non-hydrogen) atoms. The standard InChI is InChI=1S/C18H20Cl2O2S/c1-18(2,3)10-9-13-5-4-6-15(11-13)23(21,22)17-12-14(19)7-8-16(17)20/h4-8,11-12H,9-10H2,1-3H3. The molecule has 0 aliphatic heterocycles. The van der Waals surface area contributed by atoms with Gasteiger partial charge in [0, 0.05) is 5.02 Å². The fourth-order valence-electron chi connectivity index (χ4n) is 2.20. The Labute approximate surface area is 148 Å². The molecule has 0 amide bonds. The zero-order chi connectivity index (χ0) is 17.3. The molecule has 2 nitrogen and oxygen atoms in total. The molecular formula is C18H20Cl2O2S. The van der Waals surface area contributed by atoms with Gasteiger partial charge < -0.3 is 0 Å². The van der Waals surface area contributed by atoms with Crippen LogP contribution in [0.25, 0.3) is 0 Å². The zero-order valence-corrected chi connectivity index (χ0v) is 15.8. The summed E-state index contributed by atoms with van der Waals surface area (Å²) in [5.74, 6) is 0. The van der Waals surface area contributed by atoms with Crippen molar-refractivity contribution in [3.63, 3.8) is 0 Å². The number of sulfone groups is 1. The van der Waals surface area contributed by atoms with Gasteiger partial charge in [-0.1, -0.05) is 56.1 Å². The van der Waals surface area contributed by atoms with E-state index in [1.165, 1.54) is 12.1 Å². The highest BCUT2D eigenvalue weighted by atomic mass is 35.5. The van der Waals surface area contributed by atoms with Crippen LogP contribution in [-0.4, -0.2) is 8.42 Å². The van der Waals surface area contributed by atoms with E-state index >= 15 is 0 Å². The molecule has 2 aromatic carbocycles. The average Bonchev–Trinajstić information content (AvgIpc) is 2.47. The van der Waals surface area contributed by atoms with Gasteiger partial charge in [-0.3, -0.25) is 0 Å². The summed E-state index contributed by atoms with van der Waals surface area (Å²) < 4.78 is 25.6. The van der Waals surface area contributed by atoms with Crippen LogP contribution in [0.5, 0.6) is 0 Å². The van der Waals surface area contributed by atoms with Gasteiger partial charge >= 0.3 is 0 Å². The molecule has 0 N–H and O–H groups in total. The van der Waals surface area contributed by atoms with Crippen LogP contribution in [0.4, 0.5) is 0 Å². The summed E-state index contributed by atoms with van der Waals surface area (Å²) in [4.78, 5) is 0.285. The zero-order valence-electron chi connectivity index (χ0n) is 13.4. The molecule has 2 aromatic rings. The van der Waals surface area contributed by atoms with E-state index in [2.05, 4.69) is 20.8 Å². The highest BCUT2D eigenvalue weighted by molar-refractivity contribution is 7.91. The van der Waals surface area contributed by atoms with E-state index in [1.807, 2.05) is 6.07 Å². The maximum Gasteiger partial charge on any atom is 0.208 e. The third kappa shape index (κ3) is 4.72. The van der Waals surface area contributed by atoms with Crippen LogP contribution in [0.3, 0.4) is 0 Å². The minimum Gasteiger partial charge on any atom is -0.218 e. The van der Waals surface area contributed by atoms with Crippen molar-refractivity contribution in [1.82, 2.24) is 0 Å². The van der Waals surface area contributed by atoms with Crippen molar-refractivity contribution in [2.45, 2.75) is 43.4 Å². The summed E-state index contributed by atoms with van der Waals surface area (Å²) in [5, 5.41) is 0.520. The van der Waals surface area contributed by atoms with E-state index in [0.29, 0.717) is 5.02 Å². The average molecular weight is 371 g/mol. The van der Waals surface area contributed by atoms with Crippen molar-refractivity contribution in [2.24, 2.45) is 5.41 Å². The molecule has 0 aromatic heterocycles. The van der Waals surface area contributed by atoms with Gasteiger partial charge in [0.05, 0.1) is 14.8 Å². The van der Waals surface area contributed by atoms with E-state index < -0.39 is 9.84 Å². The van der Waals surface area contributed by atoms with E-state index in [1.54, 1.807) is 24.3 Å². The van der Waals surface area contributed by atoms with Crippen LogP contribution in [0, 0.1) is 5.41 Å². The van der Waals surface area contributed by atoms with Crippen LogP contribution >= 0.6 is 23.2 Å². The van der Waals surface area contributed by atoms with E-state index in [-0.39, 0.29) is 20.2 Å². The lowest BCUT2D eigenvalue weighted by molar-refractivity contribution is 0.378. The van der Waals surface area contributed by atoms with Crippen LogP contribution in [0.1, 0.15) is 32.8 Å². The lowest BCUT2D eigenvalue weighted by Gasteiger charge is -2.18. The molecule has 0 bridgehead atoms. The maximum absolute atomic E-state index is 12.8. The summed E-state index contributed by atoms with van der Waals surface area (Å²) in [6.07, 6.45) is 1.81. The molecule has 5 heteroatoms. The number of aryl methyl sites for hydroxylation is 1. The molecule has 0 spiro atoms. The minimum absolute atomic E-state index is 0.0413. The lowest BCUT2D eigenvalue weighted by Crippen LogP contribution is -2.07. The third-order valence-corrected chi connectivity index (χ3v) is 6.02. The predicted octanol–water partition coefficient (Wildman–Crippen LogP) is 5.80. The van der Waals surface area contributed by atoms with Gasteiger partial charge in [-0.15, -0.1) is 0 Å².